The zero-order valence-corrected chi connectivity index (χ0v) is 16.5. The van der Waals surface area contributed by atoms with Gasteiger partial charge in [-0.05, 0) is 36.0 Å². The topological polar surface area (TPSA) is 116 Å². The number of sulfonamides is 1. The molecule has 2 aromatic carbocycles. The molecule has 28 heavy (non-hydrogen) atoms. The van der Waals surface area contributed by atoms with Gasteiger partial charge in [-0.15, -0.1) is 0 Å². The molecule has 9 nitrogen and oxygen atoms in total. The van der Waals surface area contributed by atoms with E-state index in [9.17, 15) is 18.5 Å². The van der Waals surface area contributed by atoms with E-state index in [1.165, 1.54) is 31.0 Å². The maximum absolute atomic E-state index is 12.8. The van der Waals surface area contributed by atoms with Crippen molar-refractivity contribution in [3.8, 4) is 5.75 Å². The number of nitrogens with one attached hydrogen (secondary N) is 1. The average molecular weight is 420 g/mol. The zero-order valence-electron chi connectivity index (χ0n) is 14.9. The third-order valence-corrected chi connectivity index (χ3v) is 6.28. The van der Waals surface area contributed by atoms with Gasteiger partial charge in [0.1, 0.15) is 0 Å². The minimum Gasteiger partial charge on any atom is -0.490 e. The number of imidazole rings is 1. The zero-order chi connectivity index (χ0) is 20.3. The van der Waals surface area contributed by atoms with Crippen molar-refractivity contribution in [1.29, 1.82) is 0 Å². The van der Waals surface area contributed by atoms with Crippen LogP contribution in [-0.4, -0.2) is 30.0 Å². The van der Waals surface area contributed by atoms with Crippen LogP contribution in [0.5, 0.6) is 5.75 Å². The Morgan fingerprint density at radius 3 is 2.64 bits per heavy atom. The highest BCUT2D eigenvalue weighted by atomic mass is 32.2. The Balaban J connectivity index is 1.94. The van der Waals surface area contributed by atoms with Crippen LogP contribution in [0.4, 0.5) is 11.4 Å². The highest BCUT2D eigenvalue weighted by Crippen LogP contribution is 2.34. The Labute approximate surface area is 165 Å². The van der Waals surface area contributed by atoms with Crippen LogP contribution >= 0.6 is 11.8 Å². The van der Waals surface area contributed by atoms with Crippen LogP contribution in [0.1, 0.15) is 0 Å². The van der Waals surface area contributed by atoms with Crippen LogP contribution in [0.15, 0.2) is 69.8 Å². The van der Waals surface area contributed by atoms with Crippen molar-refractivity contribution in [3.05, 3.63) is 65.0 Å². The molecule has 0 saturated carbocycles. The van der Waals surface area contributed by atoms with Gasteiger partial charge in [-0.25, -0.2) is 13.4 Å². The van der Waals surface area contributed by atoms with Crippen LogP contribution in [-0.2, 0) is 17.1 Å². The lowest BCUT2D eigenvalue weighted by molar-refractivity contribution is -0.386. The summed E-state index contributed by atoms with van der Waals surface area (Å²) >= 11 is 1.29. The second kappa shape index (κ2) is 7.90. The van der Waals surface area contributed by atoms with E-state index in [0.29, 0.717) is 15.7 Å². The normalized spacial score (nSPS) is 11.2. The summed E-state index contributed by atoms with van der Waals surface area (Å²) in [5, 5.41) is 11.9. The summed E-state index contributed by atoms with van der Waals surface area (Å²) in [5.74, 6) is -0.0188. The number of ether oxygens (including phenoxy) is 1. The van der Waals surface area contributed by atoms with E-state index in [4.69, 9.17) is 4.74 Å². The molecule has 3 aromatic rings. The van der Waals surface area contributed by atoms with Crippen molar-refractivity contribution in [3.63, 3.8) is 0 Å². The molecule has 0 fully saturated rings. The molecular weight excluding hydrogens is 404 g/mol. The molecule has 1 heterocycles. The molecule has 1 N–H and O–H groups in total. The lowest BCUT2D eigenvalue weighted by Gasteiger charge is -2.12. The Kier molecular flexibility index (Phi) is 5.56. The van der Waals surface area contributed by atoms with Crippen molar-refractivity contribution in [2.45, 2.75) is 14.9 Å². The fraction of sp³-hybridized carbons (Fsp3) is 0.118. The third kappa shape index (κ3) is 4.10. The maximum Gasteiger partial charge on any atom is 0.312 e. The molecule has 0 radical (unpaired) electrons. The van der Waals surface area contributed by atoms with Crippen LogP contribution in [0.2, 0.25) is 0 Å². The second-order valence-electron chi connectivity index (χ2n) is 5.62. The summed E-state index contributed by atoms with van der Waals surface area (Å²) in [6, 6.07) is 10.3. The number of benzene rings is 2. The molecule has 3 rings (SSSR count). The quantitative estimate of drug-likeness (QED) is 0.460. The lowest BCUT2D eigenvalue weighted by atomic mass is 10.3. The first-order valence-corrected chi connectivity index (χ1v) is 10.2. The van der Waals surface area contributed by atoms with Crippen molar-refractivity contribution in [1.82, 2.24) is 9.55 Å². The summed E-state index contributed by atoms with van der Waals surface area (Å²) in [6.07, 6.45) is 3.43. The number of para-hydroxylation sites is 1. The summed E-state index contributed by atoms with van der Waals surface area (Å²) < 4.78 is 34.8. The lowest BCUT2D eigenvalue weighted by Crippen LogP contribution is -2.14. The standard InChI is InChI=1S/C17H16N4O5S2/c1-20-10-9-18-17(20)27-16-6-4-3-5-13(16)19-28(24,25)12-7-8-15(26-2)14(11-12)21(22)23/h3-11,19H,1-2H3. The molecule has 0 aliphatic heterocycles. The molecule has 0 aliphatic rings. The van der Waals surface area contributed by atoms with E-state index in [2.05, 4.69) is 9.71 Å². The third-order valence-electron chi connectivity index (χ3n) is 3.77. The highest BCUT2D eigenvalue weighted by Gasteiger charge is 2.23. The van der Waals surface area contributed by atoms with Crippen molar-refractivity contribution in [2.75, 3.05) is 11.8 Å². The molecule has 0 unspecified atom stereocenters. The summed E-state index contributed by atoms with van der Waals surface area (Å²) in [5.41, 5.74) is -0.0879. The van der Waals surface area contributed by atoms with E-state index in [1.54, 1.807) is 36.7 Å². The first kappa shape index (κ1) is 19.7. The summed E-state index contributed by atoms with van der Waals surface area (Å²) in [7, 11) is -0.947. The largest absolute Gasteiger partial charge is 0.490 e. The molecule has 11 heteroatoms. The number of methoxy groups -OCH3 is 1. The Morgan fingerprint density at radius 2 is 2.00 bits per heavy atom. The number of aromatic nitrogens is 2. The molecule has 0 aliphatic carbocycles. The molecule has 1 aromatic heterocycles. The predicted octanol–water partition coefficient (Wildman–Crippen LogP) is 3.29. The van der Waals surface area contributed by atoms with Gasteiger partial charge in [-0.2, -0.15) is 0 Å². The molecule has 0 atom stereocenters. The SMILES string of the molecule is COc1ccc(S(=O)(=O)Nc2ccccc2Sc2nccn2C)cc1[N+](=O)[O-]. The molecule has 0 amide bonds. The Bertz CT molecular complexity index is 1130. The number of aryl methyl sites for hydroxylation is 1. The van der Waals surface area contributed by atoms with Crippen LogP contribution in [0.25, 0.3) is 0 Å². The maximum atomic E-state index is 12.8. The van der Waals surface area contributed by atoms with E-state index >= 15 is 0 Å². The van der Waals surface area contributed by atoms with Gasteiger partial charge in [-0.3, -0.25) is 14.8 Å². The van der Waals surface area contributed by atoms with E-state index < -0.39 is 20.6 Å². The Hall–Kier alpha value is -3.05. The van der Waals surface area contributed by atoms with Crippen LogP contribution in [0, 0.1) is 10.1 Å². The smallest absolute Gasteiger partial charge is 0.312 e. The summed E-state index contributed by atoms with van der Waals surface area (Å²) in [6.45, 7) is 0. The number of rotatable bonds is 7. The predicted molar refractivity (Wildman–Crippen MR) is 104 cm³/mol. The van der Waals surface area contributed by atoms with Gasteiger partial charge in [0.05, 0.1) is 22.6 Å². The average Bonchev–Trinajstić information content (AvgIpc) is 3.07. The fourth-order valence-corrected chi connectivity index (χ4v) is 4.43. The minimum absolute atomic E-state index is 0.0188. The van der Waals surface area contributed by atoms with Crippen LogP contribution < -0.4 is 9.46 Å². The molecular formula is C17H16N4O5S2. The number of nitro benzene ring substituents is 1. The molecule has 0 saturated heterocycles. The molecule has 0 spiro atoms. The number of hydrogen-bond donors (Lipinski definition) is 1. The Morgan fingerprint density at radius 1 is 1.25 bits per heavy atom. The number of nitrogens with zero attached hydrogens (tertiary/aromatic N) is 3. The molecule has 0 bridgehead atoms. The first-order chi connectivity index (χ1) is 13.3. The van der Waals surface area contributed by atoms with Gasteiger partial charge < -0.3 is 9.30 Å². The first-order valence-electron chi connectivity index (χ1n) is 7.91. The molecule has 146 valence electrons. The van der Waals surface area contributed by atoms with Gasteiger partial charge in [0, 0.05) is 30.4 Å². The number of hydrogen-bond acceptors (Lipinski definition) is 7. The highest BCUT2D eigenvalue weighted by molar-refractivity contribution is 7.99. The van der Waals surface area contributed by atoms with Gasteiger partial charge in [0.25, 0.3) is 10.0 Å². The van der Waals surface area contributed by atoms with Gasteiger partial charge in [-0.1, -0.05) is 12.1 Å². The van der Waals surface area contributed by atoms with Gasteiger partial charge in [0.15, 0.2) is 10.9 Å². The van der Waals surface area contributed by atoms with Gasteiger partial charge >= 0.3 is 5.69 Å². The van der Waals surface area contributed by atoms with E-state index in [-0.39, 0.29) is 10.6 Å². The van der Waals surface area contributed by atoms with Crippen molar-refractivity contribution < 1.29 is 18.1 Å². The van der Waals surface area contributed by atoms with Crippen LogP contribution in [0.3, 0.4) is 0 Å². The summed E-state index contributed by atoms with van der Waals surface area (Å²) in [4.78, 5) is 15.1. The minimum atomic E-state index is -4.06. The van der Waals surface area contributed by atoms with E-state index in [1.807, 2.05) is 11.6 Å². The van der Waals surface area contributed by atoms with E-state index in [0.717, 1.165) is 6.07 Å². The monoisotopic (exact) mass is 420 g/mol. The van der Waals surface area contributed by atoms with Crippen molar-refractivity contribution >= 4 is 33.2 Å². The number of anilines is 1. The number of nitro groups is 1. The van der Waals surface area contributed by atoms with Crippen molar-refractivity contribution in [2.24, 2.45) is 7.05 Å². The fourth-order valence-electron chi connectivity index (χ4n) is 2.37. The second-order valence-corrected chi connectivity index (χ2v) is 8.31. The van der Waals surface area contributed by atoms with Gasteiger partial charge in [0.2, 0.25) is 0 Å².